The number of halogens is 1. The molecule has 1 amide bonds. The molecule has 28 heavy (non-hydrogen) atoms. The number of nitrogens with zero attached hydrogens (tertiary/aromatic N) is 2. The monoisotopic (exact) mass is 411 g/mol. The van der Waals surface area contributed by atoms with Gasteiger partial charge in [0.15, 0.2) is 0 Å². The number of hydrogen-bond acceptors (Lipinski definition) is 4. The van der Waals surface area contributed by atoms with E-state index >= 15 is 0 Å². The Hall–Kier alpha value is -1.51. The fraction of sp³-hybridized carbons (Fsp3) is 0.650. The summed E-state index contributed by atoms with van der Waals surface area (Å²) in [5, 5.41) is 0. The molecule has 0 radical (unpaired) electrons. The number of rotatable bonds is 5. The Morgan fingerprint density at radius 1 is 1.04 bits per heavy atom. The number of piperazine rings is 1. The lowest BCUT2D eigenvalue weighted by Gasteiger charge is -2.39. The molecule has 0 aromatic heterocycles. The Kier molecular flexibility index (Phi) is 6.73. The minimum absolute atomic E-state index is 0.0165. The third kappa shape index (κ3) is 5.10. The maximum absolute atomic E-state index is 13.0. The second-order valence-corrected chi connectivity index (χ2v) is 9.79. The summed E-state index contributed by atoms with van der Waals surface area (Å²) in [6.45, 7) is 7.71. The van der Waals surface area contributed by atoms with Gasteiger partial charge in [0.05, 0.1) is 4.90 Å². The minimum atomic E-state index is -3.67. The van der Waals surface area contributed by atoms with E-state index in [9.17, 15) is 17.6 Å². The number of hydrogen-bond donors (Lipinski definition) is 1. The lowest BCUT2D eigenvalue weighted by atomic mass is 9.85. The van der Waals surface area contributed by atoms with E-state index in [1.165, 1.54) is 12.1 Å². The summed E-state index contributed by atoms with van der Waals surface area (Å²) in [4.78, 5) is 17.2. The number of amides is 1. The van der Waals surface area contributed by atoms with Crippen LogP contribution in [0.3, 0.4) is 0 Å². The third-order valence-corrected chi connectivity index (χ3v) is 7.41. The highest BCUT2D eigenvalue weighted by atomic mass is 32.2. The first-order valence-corrected chi connectivity index (χ1v) is 11.6. The lowest BCUT2D eigenvalue weighted by Crippen LogP contribution is -2.52. The van der Waals surface area contributed by atoms with Crippen LogP contribution in [0, 0.1) is 11.7 Å². The van der Waals surface area contributed by atoms with Crippen molar-refractivity contribution in [2.24, 2.45) is 5.92 Å². The fourth-order valence-corrected chi connectivity index (χ4v) is 5.38. The summed E-state index contributed by atoms with van der Waals surface area (Å²) >= 11 is 0. The van der Waals surface area contributed by atoms with E-state index in [0.717, 1.165) is 38.3 Å². The fourth-order valence-electron chi connectivity index (χ4n) is 4.08. The molecule has 1 aliphatic heterocycles. The van der Waals surface area contributed by atoms with Crippen molar-refractivity contribution in [3.63, 3.8) is 0 Å². The number of carbonyl (C=O) groups excluding carboxylic acids is 1. The van der Waals surface area contributed by atoms with Crippen LogP contribution in [0.4, 0.5) is 4.39 Å². The summed E-state index contributed by atoms with van der Waals surface area (Å²) in [6, 6.07) is 5.14. The Balaban J connectivity index is 1.49. The number of benzene rings is 1. The highest BCUT2D eigenvalue weighted by Gasteiger charge is 2.32. The molecule has 0 atom stereocenters. The van der Waals surface area contributed by atoms with Crippen molar-refractivity contribution in [2.75, 3.05) is 26.2 Å². The van der Waals surface area contributed by atoms with Gasteiger partial charge in [0, 0.05) is 44.2 Å². The van der Waals surface area contributed by atoms with Crippen molar-refractivity contribution >= 4 is 15.9 Å². The Morgan fingerprint density at radius 3 is 2.14 bits per heavy atom. The SMILES string of the molecule is CC(C)N1CCN(C(=O)C2CCC(NS(=O)(=O)c3ccc(F)cc3)CC2)CC1. The van der Waals surface area contributed by atoms with Crippen molar-refractivity contribution in [1.29, 1.82) is 0 Å². The highest BCUT2D eigenvalue weighted by Crippen LogP contribution is 2.27. The first-order chi connectivity index (χ1) is 13.3. The van der Waals surface area contributed by atoms with Crippen LogP contribution in [-0.2, 0) is 14.8 Å². The zero-order valence-electron chi connectivity index (χ0n) is 16.6. The summed E-state index contributed by atoms with van der Waals surface area (Å²) in [6.07, 6.45) is 2.67. The second kappa shape index (κ2) is 8.88. The van der Waals surface area contributed by atoms with Gasteiger partial charge in [-0.2, -0.15) is 0 Å². The van der Waals surface area contributed by atoms with Gasteiger partial charge in [-0.1, -0.05) is 0 Å². The zero-order chi connectivity index (χ0) is 20.3. The molecule has 0 spiro atoms. The van der Waals surface area contributed by atoms with Gasteiger partial charge in [-0.3, -0.25) is 9.69 Å². The molecule has 1 aromatic carbocycles. The predicted octanol–water partition coefficient (Wildman–Crippen LogP) is 2.22. The molecule has 1 aliphatic carbocycles. The molecule has 2 aliphatic rings. The van der Waals surface area contributed by atoms with Crippen LogP contribution in [-0.4, -0.2) is 62.4 Å². The van der Waals surface area contributed by atoms with Crippen LogP contribution in [0.5, 0.6) is 0 Å². The van der Waals surface area contributed by atoms with Gasteiger partial charge in [0.2, 0.25) is 15.9 Å². The van der Waals surface area contributed by atoms with Gasteiger partial charge in [0.25, 0.3) is 0 Å². The van der Waals surface area contributed by atoms with Crippen LogP contribution >= 0.6 is 0 Å². The lowest BCUT2D eigenvalue weighted by molar-refractivity contribution is -0.138. The van der Waals surface area contributed by atoms with Crippen LogP contribution < -0.4 is 4.72 Å². The molecule has 1 N–H and O–H groups in total. The summed E-state index contributed by atoms with van der Waals surface area (Å²) in [5.41, 5.74) is 0. The van der Waals surface area contributed by atoms with Gasteiger partial charge < -0.3 is 4.90 Å². The molecule has 1 aromatic rings. The van der Waals surface area contributed by atoms with Gasteiger partial charge in [-0.05, 0) is 63.8 Å². The van der Waals surface area contributed by atoms with Gasteiger partial charge in [-0.15, -0.1) is 0 Å². The molecular formula is C20H30FN3O3S. The molecule has 156 valence electrons. The molecule has 1 saturated carbocycles. The first kappa shape index (κ1) is 21.2. The Labute approximate surface area is 167 Å². The number of sulfonamides is 1. The van der Waals surface area contributed by atoms with Gasteiger partial charge >= 0.3 is 0 Å². The molecule has 2 fully saturated rings. The number of carbonyl (C=O) groups is 1. The van der Waals surface area contributed by atoms with Crippen LogP contribution in [0.25, 0.3) is 0 Å². The van der Waals surface area contributed by atoms with Crippen LogP contribution in [0.2, 0.25) is 0 Å². The van der Waals surface area contributed by atoms with E-state index in [4.69, 9.17) is 0 Å². The largest absolute Gasteiger partial charge is 0.340 e. The Bertz CT molecular complexity index is 766. The molecule has 1 heterocycles. The quantitative estimate of drug-likeness (QED) is 0.807. The first-order valence-electron chi connectivity index (χ1n) is 10.1. The smallest absolute Gasteiger partial charge is 0.240 e. The predicted molar refractivity (Wildman–Crippen MR) is 106 cm³/mol. The standard InChI is InChI=1S/C20H30FN3O3S/c1-15(2)23-11-13-24(14-12-23)20(25)16-3-7-18(8-4-16)22-28(26,27)19-9-5-17(21)6-10-19/h5-6,9-10,15-16,18,22H,3-4,7-8,11-14H2,1-2H3. The molecule has 6 nitrogen and oxygen atoms in total. The van der Waals surface area contributed by atoms with E-state index in [1.807, 2.05) is 4.90 Å². The maximum Gasteiger partial charge on any atom is 0.240 e. The van der Waals surface area contributed by atoms with Crippen molar-refractivity contribution < 1.29 is 17.6 Å². The molecule has 3 rings (SSSR count). The molecular weight excluding hydrogens is 381 g/mol. The average molecular weight is 412 g/mol. The summed E-state index contributed by atoms with van der Waals surface area (Å²) in [7, 11) is -3.67. The second-order valence-electron chi connectivity index (χ2n) is 8.08. The molecule has 1 saturated heterocycles. The van der Waals surface area contributed by atoms with E-state index in [-0.39, 0.29) is 22.8 Å². The van der Waals surface area contributed by atoms with Crippen molar-refractivity contribution in [3.05, 3.63) is 30.1 Å². The van der Waals surface area contributed by atoms with Crippen LogP contribution in [0.1, 0.15) is 39.5 Å². The maximum atomic E-state index is 13.0. The molecule has 0 unspecified atom stereocenters. The average Bonchev–Trinajstić information content (AvgIpc) is 2.68. The number of nitrogens with one attached hydrogen (secondary N) is 1. The van der Waals surface area contributed by atoms with Gasteiger partial charge in [-0.25, -0.2) is 17.5 Å². The van der Waals surface area contributed by atoms with Gasteiger partial charge in [0.1, 0.15) is 5.82 Å². The van der Waals surface area contributed by atoms with Crippen molar-refractivity contribution in [3.8, 4) is 0 Å². The van der Waals surface area contributed by atoms with E-state index in [2.05, 4.69) is 23.5 Å². The van der Waals surface area contributed by atoms with Crippen molar-refractivity contribution in [2.45, 2.75) is 56.5 Å². The van der Waals surface area contributed by atoms with E-state index in [1.54, 1.807) is 0 Å². The van der Waals surface area contributed by atoms with Crippen molar-refractivity contribution in [1.82, 2.24) is 14.5 Å². The van der Waals surface area contributed by atoms with E-state index in [0.29, 0.717) is 31.7 Å². The topological polar surface area (TPSA) is 69.7 Å². The third-order valence-electron chi connectivity index (χ3n) is 5.88. The molecule has 8 heteroatoms. The normalized spacial score (nSPS) is 24.5. The minimum Gasteiger partial charge on any atom is -0.340 e. The van der Waals surface area contributed by atoms with Crippen LogP contribution in [0.15, 0.2) is 29.2 Å². The Morgan fingerprint density at radius 2 is 1.61 bits per heavy atom. The van der Waals surface area contributed by atoms with E-state index < -0.39 is 15.8 Å². The summed E-state index contributed by atoms with van der Waals surface area (Å²) < 4.78 is 40.6. The molecule has 0 bridgehead atoms. The zero-order valence-corrected chi connectivity index (χ0v) is 17.4. The summed E-state index contributed by atoms with van der Waals surface area (Å²) in [5.74, 6) is -0.271. The highest BCUT2D eigenvalue weighted by molar-refractivity contribution is 7.89.